The number of benzene rings is 2. The number of rotatable bonds is 26. The van der Waals surface area contributed by atoms with Crippen LogP contribution >= 0.6 is 10.8 Å². The van der Waals surface area contributed by atoms with E-state index < -0.39 is 9.15 Å². The third-order valence-corrected chi connectivity index (χ3v) is 8.41. The van der Waals surface area contributed by atoms with Gasteiger partial charge in [-0.05, 0) is 111 Å². The van der Waals surface area contributed by atoms with Gasteiger partial charge in [0.1, 0.15) is 23.0 Å². The van der Waals surface area contributed by atoms with E-state index in [-0.39, 0.29) is 6.61 Å². The third-order valence-electron chi connectivity index (χ3n) is 5.64. The van der Waals surface area contributed by atoms with E-state index >= 15 is 0 Å². The van der Waals surface area contributed by atoms with Crippen molar-refractivity contribution < 1.29 is 31.5 Å². The molecule has 0 aliphatic rings. The van der Waals surface area contributed by atoms with Crippen LogP contribution in [0.1, 0.15) is 52.4 Å². The van der Waals surface area contributed by atoms with Crippen LogP contribution in [0.2, 0.25) is 0 Å². The SMILES string of the molecule is CCCOc1ccc(OCCCCNCCOS(=O)(=O)SCCNCCCCOc2ccc(OCCC)cc2)cc1. The molecule has 0 fully saturated rings. The van der Waals surface area contributed by atoms with Gasteiger partial charge in [0.15, 0.2) is 0 Å². The zero-order valence-corrected chi connectivity index (χ0v) is 26.2. The lowest BCUT2D eigenvalue weighted by Gasteiger charge is -2.09. The van der Waals surface area contributed by atoms with Crippen molar-refractivity contribution in [2.24, 2.45) is 0 Å². The van der Waals surface area contributed by atoms with Gasteiger partial charge in [-0.1, -0.05) is 13.8 Å². The fourth-order valence-electron chi connectivity index (χ4n) is 3.50. The normalized spacial score (nSPS) is 11.4. The average molecular weight is 613 g/mol. The molecular formula is C30H48N2O7S2. The summed E-state index contributed by atoms with van der Waals surface area (Å²) < 4.78 is 51.7. The van der Waals surface area contributed by atoms with Crippen molar-refractivity contribution in [3.63, 3.8) is 0 Å². The first kappa shape index (κ1) is 35.0. The van der Waals surface area contributed by atoms with Crippen molar-refractivity contribution in [2.75, 3.05) is 65.0 Å². The van der Waals surface area contributed by atoms with Crippen LogP contribution in [0.15, 0.2) is 48.5 Å². The monoisotopic (exact) mass is 612 g/mol. The largest absolute Gasteiger partial charge is 0.494 e. The Kier molecular flexibility index (Phi) is 19.2. The molecule has 0 atom stereocenters. The first-order valence-corrected chi connectivity index (χ1v) is 17.6. The Morgan fingerprint density at radius 3 is 1.41 bits per heavy atom. The summed E-state index contributed by atoms with van der Waals surface area (Å²) in [5.41, 5.74) is 0. The maximum absolute atomic E-state index is 12.0. The number of unbranched alkanes of at least 4 members (excludes halogenated alkanes) is 2. The van der Waals surface area contributed by atoms with Crippen LogP contribution in [-0.2, 0) is 13.3 Å². The van der Waals surface area contributed by atoms with Crippen molar-refractivity contribution in [1.29, 1.82) is 0 Å². The molecule has 2 aromatic carbocycles. The first-order valence-electron chi connectivity index (χ1n) is 14.7. The summed E-state index contributed by atoms with van der Waals surface area (Å²) in [6, 6.07) is 15.3. The van der Waals surface area contributed by atoms with Crippen LogP contribution in [0.3, 0.4) is 0 Å². The summed E-state index contributed by atoms with van der Waals surface area (Å²) in [6.45, 7) is 9.65. The Labute approximate surface area is 250 Å². The van der Waals surface area contributed by atoms with Gasteiger partial charge in [-0.3, -0.25) is 4.18 Å². The van der Waals surface area contributed by atoms with Crippen molar-refractivity contribution in [3.8, 4) is 23.0 Å². The van der Waals surface area contributed by atoms with Gasteiger partial charge < -0.3 is 29.6 Å². The second-order valence-corrected chi connectivity index (χ2v) is 12.9. The Morgan fingerprint density at radius 2 is 0.976 bits per heavy atom. The lowest BCUT2D eigenvalue weighted by atomic mass is 10.3. The minimum atomic E-state index is -3.58. The molecule has 0 unspecified atom stereocenters. The van der Waals surface area contributed by atoms with Gasteiger partial charge in [-0.2, -0.15) is 8.42 Å². The van der Waals surface area contributed by atoms with Crippen LogP contribution in [0, 0.1) is 0 Å². The lowest BCUT2D eigenvalue weighted by Crippen LogP contribution is -2.23. The lowest BCUT2D eigenvalue weighted by molar-refractivity contribution is 0.298. The molecule has 2 N–H and O–H groups in total. The van der Waals surface area contributed by atoms with E-state index in [1.54, 1.807) is 0 Å². The van der Waals surface area contributed by atoms with E-state index in [1.165, 1.54) is 0 Å². The van der Waals surface area contributed by atoms with Gasteiger partial charge in [-0.25, -0.2) is 0 Å². The van der Waals surface area contributed by atoms with Crippen molar-refractivity contribution in [1.82, 2.24) is 10.6 Å². The van der Waals surface area contributed by atoms with E-state index in [2.05, 4.69) is 24.5 Å². The topological polar surface area (TPSA) is 104 Å². The summed E-state index contributed by atoms with van der Waals surface area (Å²) in [6.07, 6.45) is 5.66. The van der Waals surface area contributed by atoms with E-state index in [4.69, 9.17) is 23.1 Å². The van der Waals surface area contributed by atoms with Gasteiger partial charge in [-0.15, -0.1) is 0 Å². The number of ether oxygens (including phenoxy) is 4. The first-order chi connectivity index (χ1) is 20.0. The van der Waals surface area contributed by atoms with Gasteiger partial charge in [0.05, 0.1) is 33.0 Å². The third kappa shape index (κ3) is 18.1. The molecule has 0 spiro atoms. The summed E-state index contributed by atoms with van der Waals surface area (Å²) in [4.78, 5) is 0. The molecule has 0 saturated heterocycles. The number of hydrogen-bond acceptors (Lipinski definition) is 10. The van der Waals surface area contributed by atoms with Gasteiger partial charge in [0.2, 0.25) is 0 Å². The summed E-state index contributed by atoms with van der Waals surface area (Å²) >= 11 is 0. The van der Waals surface area contributed by atoms with E-state index in [9.17, 15) is 8.42 Å². The molecule has 0 amide bonds. The van der Waals surface area contributed by atoms with Crippen LogP contribution < -0.4 is 29.6 Å². The molecule has 0 aromatic heterocycles. The van der Waals surface area contributed by atoms with Crippen LogP contribution in [-0.4, -0.2) is 73.4 Å². The van der Waals surface area contributed by atoms with E-state index in [0.717, 1.165) is 85.4 Å². The molecule has 2 aromatic rings. The van der Waals surface area contributed by atoms with Gasteiger partial charge in [0.25, 0.3) is 0 Å². The van der Waals surface area contributed by atoms with Crippen molar-refractivity contribution >= 4 is 19.9 Å². The van der Waals surface area contributed by atoms with Crippen LogP contribution in [0.4, 0.5) is 0 Å². The van der Waals surface area contributed by atoms with E-state index in [0.29, 0.717) is 45.3 Å². The highest BCUT2D eigenvalue weighted by Crippen LogP contribution is 2.19. The van der Waals surface area contributed by atoms with E-state index in [1.807, 2.05) is 48.5 Å². The highest BCUT2D eigenvalue weighted by atomic mass is 33.1. The minimum absolute atomic E-state index is 0.125. The average Bonchev–Trinajstić information content (AvgIpc) is 2.98. The Balaban J connectivity index is 1.36. The zero-order chi connectivity index (χ0) is 29.4. The molecule has 11 heteroatoms. The number of hydrogen-bond donors (Lipinski definition) is 2. The molecule has 2 rings (SSSR count). The smallest absolute Gasteiger partial charge is 0.322 e. The fourth-order valence-corrected chi connectivity index (χ4v) is 5.56. The Morgan fingerprint density at radius 1 is 0.561 bits per heavy atom. The molecule has 9 nitrogen and oxygen atoms in total. The highest BCUT2D eigenvalue weighted by Gasteiger charge is 2.11. The zero-order valence-electron chi connectivity index (χ0n) is 24.6. The Bertz CT molecular complexity index is 931. The predicted molar refractivity (Wildman–Crippen MR) is 167 cm³/mol. The predicted octanol–water partition coefficient (Wildman–Crippen LogP) is 5.46. The molecule has 0 saturated carbocycles. The summed E-state index contributed by atoms with van der Waals surface area (Å²) in [5.74, 6) is 3.81. The Hall–Kier alpha value is -2.18. The van der Waals surface area contributed by atoms with Crippen molar-refractivity contribution in [3.05, 3.63) is 48.5 Å². The van der Waals surface area contributed by atoms with Gasteiger partial charge >= 0.3 is 9.15 Å². The maximum atomic E-state index is 12.0. The van der Waals surface area contributed by atoms with Crippen LogP contribution in [0.25, 0.3) is 0 Å². The molecule has 0 radical (unpaired) electrons. The minimum Gasteiger partial charge on any atom is -0.494 e. The molecule has 0 aliphatic heterocycles. The molecule has 0 heterocycles. The quantitative estimate of drug-likeness (QED) is 0.105. The summed E-state index contributed by atoms with van der Waals surface area (Å²) in [7, 11) is -2.76. The van der Waals surface area contributed by atoms with Crippen LogP contribution in [0.5, 0.6) is 23.0 Å². The summed E-state index contributed by atoms with van der Waals surface area (Å²) in [5, 5.41) is 6.47. The second-order valence-electron chi connectivity index (χ2n) is 9.30. The highest BCUT2D eigenvalue weighted by molar-refractivity contribution is 8.70. The molecule has 0 aliphatic carbocycles. The van der Waals surface area contributed by atoms with Gasteiger partial charge in [0, 0.05) is 18.8 Å². The molecule has 41 heavy (non-hydrogen) atoms. The standard InChI is InChI=1S/C30H48N2O7S2/c1-3-21-35-27-9-13-29(14-10-27)37-23-7-5-17-31-19-25-39-41(33,34)40-26-20-32-18-6-8-24-38-30-15-11-28(12-16-30)36-22-4-2/h9-16,31-32H,3-8,17-26H2,1-2H3. The van der Waals surface area contributed by atoms with Crippen molar-refractivity contribution in [2.45, 2.75) is 52.4 Å². The second kappa shape index (κ2) is 22.4. The fraction of sp³-hybridized carbons (Fsp3) is 0.600. The molecule has 0 bridgehead atoms. The molecular weight excluding hydrogens is 564 g/mol. The number of nitrogens with one attached hydrogen (secondary N) is 2. The molecule has 232 valence electrons. The maximum Gasteiger partial charge on any atom is 0.322 e.